The van der Waals surface area contributed by atoms with Gasteiger partial charge in [-0.05, 0) is 18.1 Å². The second kappa shape index (κ2) is 9.42. The van der Waals surface area contributed by atoms with Gasteiger partial charge in [-0.3, -0.25) is 9.59 Å². The molecule has 4 nitrogen and oxygen atoms in total. The number of hydrogen-bond acceptors (Lipinski definition) is 2. The molecular weight excluding hydrogens is 312 g/mol. The smallest absolute Gasteiger partial charge is 0.242 e. The van der Waals surface area contributed by atoms with Crippen LogP contribution in [0.4, 0.5) is 0 Å². The SMILES string of the molecule is C=CCNC(=O)[C@@H](C)N(Cc1ccccc1)C(=O)Cc1ccccc1. The predicted molar refractivity (Wildman–Crippen MR) is 99.8 cm³/mol. The Kier molecular flexibility index (Phi) is 6.96. The molecule has 0 saturated heterocycles. The van der Waals surface area contributed by atoms with Crippen LogP contribution < -0.4 is 5.32 Å². The summed E-state index contributed by atoms with van der Waals surface area (Å²) in [5.41, 5.74) is 1.93. The number of carbonyl (C=O) groups excluding carboxylic acids is 2. The minimum Gasteiger partial charge on any atom is -0.351 e. The molecule has 4 heteroatoms. The largest absolute Gasteiger partial charge is 0.351 e. The van der Waals surface area contributed by atoms with Gasteiger partial charge in [0, 0.05) is 13.1 Å². The third-order valence-corrected chi connectivity index (χ3v) is 3.98. The van der Waals surface area contributed by atoms with Gasteiger partial charge >= 0.3 is 0 Å². The van der Waals surface area contributed by atoms with Crippen molar-refractivity contribution in [3.05, 3.63) is 84.4 Å². The van der Waals surface area contributed by atoms with Crippen molar-refractivity contribution in [1.29, 1.82) is 0 Å². The average molecular weight is 336 g/mol. The summed E-state index contributed by atoms with van der Waals surface area (Å²) in [6.07, 6.45) is 1.89. The molecule has 0 bridgehead atoms. The van der Waals surface area contributed by atoms with Crippen molar-refractivity contribution < 1.29 is 9.59 Å². The van der Waals surface area contributed by atoms with Gasteiger partial charge in [-0.15, -0.1) is 6.58 Å². The zero-order valence-electron chi connectivity index (χ0n) is 14.5. The Labute approximate surface area is 149 Å². The highest BCUT2D eigenvalue weighted by Gasteiger charge is 2.25. The molecule has 0 spiro atoms. The number of rotatable bonds is 8. The summed E-state index contributed by atoms with van der Waals surface area (Å²) in [5.74, 6) is -0.256. The predicted octanol–water partition coefficient (Wildman–Crippen LogP) is 2.95. The summed E-state index contributed by atoms with van der Waals surface area (Å²) in [6, 6.07) is 18.7. The Morgan fingerprint density at radius 1 is 1.04 bits per heavy atom. The van der Waals surface area contributed by atoms with Gasteiger partial charge in [-0.25, -0.2) is 0 Å². The Bertz CT molecular complexity index is 698. The van der Waals surface area contributed by atoms with E-state index in [4.69, 9.17) is 0 Å². The van der Waals surface area contributed by atoms with E-state index in [0.717, 1.165) is 11.1 Å². The highest BCUT2D eigenvalue weighted by atomic mass is 16.2. The Balaban J connectivity index is 2.16. The number of amides is 2. The molecule has 1 atom stereocenters. The van der Waals surface area contributed by atoms with E-state index in [2.05, 4.69) is 11.9 Å². The van der Waals surface area contributed by atoms with Crippen molar-refractivity contribution in [2.24, 2.45) is 0 Å². The Hall–Kier alpha value is -2.88. The van der Waals surface area contributed by atoms with Gasteiger partial charge in [0.25, 0.3) is 0 Å². The number of nitrogens with one attached hydrogen (secondary N) is 1. The van der Waals surface area contributed by atoms with E-state index >= 15 is 0 Å². The molecule has 2 aromatic rings. The van der Waals surface area contributed by atoms with Crippen LogP contribution in [-0.2, 0) is 22.6 Å². The lowest BCUT2D eigenvalue weighted by molar-refractivity contribution is -0.140. The molecule has 0 saturated carbocycles. The first-order valence-corrected chi connectivity index (χ1v) is 8.37. The van der Waals surface area contributed by atoms with Gasteiger partial charge < -0.3 is 10.2 Å². The summed E-state index contributed by atoms with van der Waals surface area (Å²) < 4.78 is 0. The summed E-state index contributed by atoms with van der Waals surface area (Å²) >= 11 is 0. The molecule has 0 aliphatic rings. The van der Waals surface area contributed by atoms with Gasteiger partial charge in [-0.1, -0.05) is 66.7 Å². The zero-order chi connectivity index (χ0) is 18.1. The van der Waals surface area contributed by atoms with E-state index in [1.807, 2.05) is 60.7 Å². The molecule has 0 aliphatic heterocycles. The van der Waals surface area contributed by atoms with Crippen LogP contribution in [0, 0.1) is 0 Å². The number of carbonyl (C=O) groups is 2. The van der Waals surface area contributed by atoms with Crippen molar-refractivity contribution >= 4 is 11.8 Å². The first kappa shape index (κ1) is 18.5. The molecule has 0 aromatic heterocycles. The van der Waals surface area contributed by atoms with Crippen molar-refractivity contribution in [1.82, 2.24) is 10.2 Å². The van der Waals surface area contributed by atoms with Crippen LogP contribution in [0.5, 0.6) is 0 Å². The van der Waals surface area contributed by atoms with Crippen molar-refractivity contribution in [3.63, 3.8) is 0 Å². The molecule has 2 amide bonds. The van der Waals surface area contributed by atoms with E-state index in [1.54, 1.807) is 17.9 Å². The highest BCUT2D eigenvalue weighted by molar-refractivity contribution is 5.88. The number of nitrogens with zero attached hydrogens (tertiary/aromatic N) is 1. The summed E-state index contributed by atoms with van der Waals surface area (Å²) in [7, 11) is 0. The molecule has 1 N–H and O–H groups in total. The first-order valence-electron chi connectivity index (χ1n) is 8.37. The average Bonchev–Trinajstić information content (AvgIpc) is 2.65. The highest BCUT2D eigenvalue weighted by Crippen LogP contribution is 2.12. The summed E-state index contributed by atoms with van der Waals surface area (Å²) in [5, 5.41) is 2.77. The number of benzene rings is 2. The molecule has 0 fully saturated rings. The van der Waals surface area contributed by atoms with E-state index in [9.17, 15) is 9.59 Å². The maximum Gasteiger partial charge on any atom is 0.242 e. The van der Waals surface area contributed by atoms with Crippen molar-refractivity contribution in [3.8, 4) is 0 Å². The lowest BCUT2D eigenvalue weighted by Gasteiger charge is -2.28. The Morgan fingerprint density at radius 3 is 2.16 bits per heavy atom. The van der Waals surface area contributed by atoms with E-state index in [-0.39, 0.29) is 18.2 Å². The van der Waals surface area contributed by atoms with E-state index in [0.29, 0.717) is 13.1 Å². The second-order valence-corrected chi connectivity index (χ2v) is 5.88. The molecule has 0 unspecified atom stereocenters. The minimum absolute atomic E-state index is 0.0729. The minimum atomic E-state index is -0.559. The summed E-state index contributed by atoms with van der Waals surface area (Å²) in [4.78, 5) is 26.8. The monoisotopic (exact) mass is 336 g/mol. The molecule has 2 rings (SSSR count). The van der Waals surface area contributed by atoms with Crippen LogP contribution in [-0.4, -0.2) is 29.3 Å². The first-order chi connectivity index (χ1) is 12.1. The van der Waals surface area contributed by atoms with Crippen molar-refractivity contribution in [2.45, 2.75) is 25.9 Å². The van der Waals surface area contributed by atoms with E-state index in [1.165, 1.54) is 0 Å². The fourth-order valence-corrected chi connectivity index (χ4v) is 2.56. The van der Waals surface area contributed by atoms with Crippen molar-refractivity contribution in [2.75, 3.05) is 6.54 Å². The Morgan fingerprint density at radius 2 is 1.60 bits per heavy atom. The lowest BCUT2D eigenvalue weighted by atomic mass is 10.1. The van der Waals surface area contributed by atoms with E-state index < -0.39 is 6.04 Å². The van der Waals surface area contributed by atoms with Crippen LogP contribution >= 0.6 is 0 Å². The van der Waals surface area contributed by atoms with Gasteiger partial charge in [0.15, 0.2) is 0 Å². The topological polar surface area (TPSA) is 49.4 Å². The standard InChI is InChI=1S/C21H24N2O2/c1-3-14-22-21(25)17(2)23(16-19-12-8-5-9-13-19)20(24)15-18-10-6-4-7-11-18/h3-13,17H,1,14-16H2,2H3,(H,22,25)/t17-/m1/s1. The normalized spacial score (nSPS) is 11.4. The van der Waals surface area contributed by atoms with Crippen LogP contribution in [0.1, 0.15) is 18.1 Å². The molecule has 130 valence electrons. The lowest BCUT2D eigenvalue weighted by Crippen LogP contribution is -2.48. The van der Waals surface area contributed by atoms with Gasteiger partial charge in [0.1, 0.15) is 6.04 Å². The molecule has 2 aromatic carbocycles. The van der Waals surface area contributed by atoms with Gasteiger partial charge in [0.2, 0.25) is 11.8 Å². The maximum absolute atomic E-state index is 12.9. The third kappa shape index (κ3) is 5.60. The second-order valence-electron chi connectivity index (χ2n) is 5.88. The fourth-order valence-electron chi connectivity index (χ4n) is 2.56. The molecule has 0 aliphatic carbocycles. The quantitative estimate of drug-likeness (QED) is 0.754. The zero-order valence-corrected chi connectivity index (χ0v) is 14.5. The molecule has 0 heterocycles. The van der Waals surface area contributed by atoms with Crippen LogP contribution in [0.25, 0.3) is 0 Å². The molecule has 25 heavy (non-hydrogen) atoms. The van der Waals surface area contributed by atoms with Gasteiger partial charge in [-0.2, -0.15) is 0 Å². The van der Waals surface area contributed by atoms with Crippen LogP contribution in [0.3, 0.4) is 0 Å². The third-order valence-electron chi connectivity index (χ3n) is 3.98. The number of hydrogen-bond donors (Lipinski definition) is 1. The molecular formula is C21H24N2O2. The maximum atomic E-state index is 12.9. The van der Waals surface area contributed by atoms with Gasteiger partial charge in [0.05, 0.1) is 6.42 Å². The van der Waals surface area contributed by atoms with Crippen LogP contribution in [0.2, 0.25) is 0 Å². The summed E-state index contributed by atoms with van der Waals surface area (Å²) in [6.45, 7) is 6.14. The van der Waals surface area contributed by atoms with Crippen LogP contribution in [0.15, 0.2) is 73.3 Å². The molecule has 0 radical (unpaired) electrons. The fraction of sp³-hybridized carbons (Fsp3) is 0.238.